The molecular weight excluding hydrogens is 511 g/mol. The van der Waals surface area contributed by atoms with Crippen molar-refractivity contribution in [3.63, 3.8) is 0 Å². The van der Waals surface area contributed by atoms with Crippen molar-refractivity contribution in [3.05, 3.63) is 131 Å². The van der Waals surface area contributed by atoms with Crippen LogP contribution in [0, 0.1) is 12.7 Å². The van der Waals surface area contributed by atoms with E-state index in [9.17, 15) is 9.18 Å². The highest BCUT2D eigenvalue weighted by Gasteiger charge is 2.08. The maximum absolute atomic E-state index is 13.0. The fourth-order valence-electron chi connectivity index (χ4n) is 3.64. The van der Waals surface area contributed by atoms with Crippen molar-refractivity contribution in [1.82, 2.24) is 10.4 Å². The Labute approximate surface area is 229 Å². The highest BCUT2D eigenvalue weighted by atomic mass is 32.1. The average molecular weight is 537 g/mol. The zero-order valence-electron chi connectivity index (χ0n) is 21.1. The minimum atomic E-state index is -0.308. The van der Waals surface area contributed by atoms with E-state index in [2.05, 4.69) is 39.9 Å². The molecule has 0 aliphatic carbocycles. The van der Waals surface area contributed by atoms with Gasteiger partial charge < -0.3 is 10.1 Å². The summed E-state index contributed by atoms with van der Waals surface area (Å²) < 4.78 is 18.7. The summed E-state index contributed by atoms with van der Waals surface area (Å²) in [6, 6.07) is 28.9. The molecule has 6 nitrogen and oxygen atoms in total. The number of aryl methyl sites for hydroxylation is 1. The second kappa shape index (κ2) is 12.1. The Bertz CT molecular complexity index is 1560. The summed E-state index contributed by atoms with van der Waals surface area (Å²) in [5, 5.41) is 10.2. The lowest BCUT2D eigenvalue weighted by Crippen LogP contribution is -2.17. The highest BCUT2D eigenvalue weighted by molar-refractivity contribution is 7.14. The van der Waals surface area contributed by atoms with Crippen LogP contribution >= 0.6 is 11.3 Å². The van der Waals surface area contributed by atoms with Crippen LogP contribution in [0.25, 0.3) is 11.3 Å². The number of hydrazone groups is 1. The molecule has 1 amide bonds. The maximum Gasteiger partial charge on any atom is 0.271 e. The minimum Gasteiger partial charge on any atom is -0.489 e. The van der Waals surface area contributed by atoms with Gasteiger partial charge in [0.05, 0.1) is 11.9 Å². The summed E-state index contributed by atoms with van der Waals surface area (Å²) in [6.45, 7) is 2.40. The number of ether oxygens (including phenoxy) is 1. The van der Waals surface area contributed by atoms with Crippen molar-refractivity contribution in [2.75, 3.05) is 5.32 Å². The van der Waals surface area contributed by atoms with Gasteiger partial charge in [-0.25, -0.2) is 14.8 Å². The number of hydrogen-bond acceptors (Lipinski definition) is 6. The molecule has 5 aromatic rings. The van der Waals surface area contributed by atoms with Crippen molar-refractivity contribution in [2.45, 2.75) is 13.5 Å². The van der Waals surface area contributed by atoms with Crippen LogP contribution in [-0.4, -0.2) is 17.1 Å². The topological polar surface area (TPSA) is 75.6 Å². The van der Waals surface area contributed by atoms with Crippen LogP contribution in [0.4, 0.5) is 15.2 Å². The lowest BCUT2D eigenvalue weighted by atomic mass is 10.1. The molecule has 0 spiro atoms. The van der Waals surface area contributed by atoms with Crippen molar-refractivity contribution in [1.29, 1.82) is 0 Å². The van der Waals surface area contributed by atoms with E-state index in [4.69, 9.17) is 4.74 Å². The number of hydrogen-bond donors (Lipinski definition) is 2. The maximum atomic E-state index is 13.0. The van der Waals surface area contributed by atoms with Crippen LogP contribution in [0.3, 0.4) is 0 Å². The lowest BCUT2D eigenvalue weighted by Gasteiger charge is -2.06. The Morgan fingerprint density at radius 1 is 0.949 bits per heavy atom. The Balaban J connectivity index is 1.11. The van der Waals surface area contributed by atoms with Gasteiger partial charge in [-0.3, -0.25) is 4.79 Å². The molecule has 0 aliphatic rings. The summed E-state index contributed by atoms with van der Waals surface area (Å²) in [5.74, 6) is 0.0963. The Morgan fingerprint density at radius 3 is 2.38 bits per heavy atom. The number of amides is 1. The smallest absolute Gasteiger partial charge is 0.271 e. The first-order chi connectivity index (χ1) is 19.0. The van der Waals surface area contributed by atoms with Gasteiger partial charge in [-0.05, 0) is 78.7 Å². The molecule has 194 valence electrons. The molecule has 39 heavy (non-hydrogen) atoms. The predicted molar refractivity (Wildman–Crippen MR) is 154 cm³/mol. The molecule has 1 aromatic heterocycles. The van der Waals surface area contributed by atoms with Gasteiger partial charge in [0.1, 0.15) is 18.2 Å². The molecule has 0 unspecified atom stereocenters. The number of carbonyl (C=O) groups excluding carboxylic acids is 1. The molecule has 0 saturated heterocycles. The van der Waals surface area contributed by atoms with E-state index >= 15 is 0 Å². The first-order valence-electron chi connectivity index (χ1n) is 12.2. The van der Waals surface area contributed by atoms with Gasteiger partial charge >= 0.3 is 0 Å². The molecule has 0 saturated carbocycles. The summed E-state index contributed by atoms with van der Waals surface area (Å²) in [6.07, 6.45) is 1.56. The fourth-order valence-corrected chi connectivity index (χ4v) is 4.38. The van der Waals surface area contributed by atoms with Crippen LogP contribution in [0.5, 0.6) is 5.75 Å². The Kier molecular flexibility index (Phi) is 8.04. The molecule has 0 fully saturated rings. The Morgan fingerprint density at radius 2 is 1.67 bits per heavy atom. The molecule has 0 aliphatic heterocycles. The summed E-state index contributed by atoms with van der Waals surface area (Å²) in [7, 11) is 0. The predicted octanol–water partition coefficient (Wildman–Crippen LogP) is 7.34. The summed E-state index contributed by atoms with van der Waals surface area (Å²) in [5.41, 5.74) is 8.68. The fraction of sp³-hybridized carbons (Fsp3) is 0.0645. The number of carbonyl (C=O) groups is 1. The van der Waals surface area contributed by atoms with E-state index in [1.807, 2.05) is 53.9 Å². The van der Waals surface area contributed by atoms with Crippen LogP contribution in [0.1, 0.15) is 27.0 Å². The number of halogens is 1. The van der Waals surface area contributed by atoms with Gasteiger partial charge in [0.25, 0.3) is 5.91 Å². The molecule has 8 heteroatoms. The van der Waals surface area contributed by atoms with Crippen molar-refractivity contribution in [3.8, 4) is 17.0 Å². The molecule has 0 atom stereocenters. The largest absolute Gasteiger partial charge is 0.489 e. The number of nitrogens with one attached hydrogen (secondary N) is 2. The molecule has 0 radical (unpaired) electrons. The summed E-state index contributed by atoms with van der Waals surface area (Å²) in [4.78, 5) is 17.2. The quantitative estimate of drug-likeness (QED) is 0.153. The van der Waals surface area contributed by atoms with Gasteiger partial charge in [0.2, 0.25) is 0 Å². The number of rotatable bonds is 9. The number of nitrogens with zero attached hydrogens (tertiary/aromatic N) is 2. The van der Waals surface area contributed by atoms with E-state index in [1.54, 1.807) is 30.5 Å². The third kappa shape index (κ3) is 7.15. The first-order valence-corrected chi connectivity index (χ1v) is 13.1. The van der Waals surface area contributed by atoms with Crippen molar-refractivity contribution < 1.29 is 13.9 Å². The van der Waals surface area contributed by atoms with Crippen molar-refractivity contribution in [2.24, 2.45) is 5.10 Å². The van der Waals surface area contributed by atoms with Crippen LogP contribution in [-0.2, 0) is 6.61 Å². The second-order valence-corrected chi connectivity index (χ2v) is 9.65. The third-order valence-corrected chi connectivity index (χ3v) is 6.59. The standard InChI is InChI=1S/C31H25FN4O2S/c1-21-2-14-27(15-3-21)34-31-35-29(20-39-31)24-8-10-25(11-9-24)30(37)36-33-18-22-6-16-28(17-7-22)38-19-23-4-12-26(32)13-5-23/h2-18,20H,19H2,1H3,(H,34,35)(H,36,37)/b33-18-. The van der Waals surface area contributed by atoms with Gasteiger partial charge in [-0.1, -0.05) is 42.0 Å². The molecular formula is C31H25FN4O2S. The highest BCUT2D eigenvalue weighted by Crippen LogP contribution is 2.27. The first kappa shape index (κ1) is 25.8. The van der Waals surface area contributed by atoms with E-state index in [1.165, 1.54) is 29.0 Å². The van der Waals surface area contributed by atoms with Gasteiger partial charge in [0.15, 0.2) is 5.13 Å². The van der Waals surface area contributed by atoms with E-state index in [0.717, 1.165) is 33.2 Å². The molecule has 5 rings (SSSR count). The van der Waals surface area contributed by atoms with E-state index in [0.29, 0.717) is 17.9 Å². The lowest BCUT2D eigenvalue weighted by molar-refractivity contribution is 0.0955. The monoisotopic (exact) mass is 536 g/mol. The Hall–Kier alpha value is -4.82. The number of benzene rings is 4. The molecule has 0 bridgehead atoms. The van der Waals surface area contributed by atoms with Gasteiger partial charge in [-0.15, -0.1) is 11.3 Å². The normalized spacial score (nSPS) is 10.9. The molecule has 4 aromatic carbocycles. The van der Waals surface area contributed by atoms with Crippen molar-refractivity contribution >= 4 is 34.3 Å². The zero-order chi connectivity index (χ0) is 27.0. The van der Waals surface area contributed by atoms with E-state index < -0.39 is 0 Å². The zero-order valence-corrected chi connectivity index (χ0v) is 21.9. The van der Waals surface area contributed by atoms with E-state index in [-0.39, 0.29) is 11.7 Å². The number of anilines is 2. The van der Waals surface area contributed by atoms with Crippen LogP contribution in [0.2, 0.25) is 0 Å². The molecule has 2 N–H and O–H groups in total. The third-order valence-electron chi connectivity index (χ3n) is 5.83. The van der Waals surface area contributed by atoms with Gasteiger partial charge in [-0.2, -0.15) is 5.10 Å². The van der Waals surface area contributed by atoms with Gasteiger partial charge in [0, 0.05) is 22.2 Å². The molecule has 1 heterocycles. The van der Waals surface area contributed by atoms with Crippen LogP contribution < -0.4 is 15.5 Å². The average Bonchev–Trinajstić information content (AvgIpc) is 3.43. The number of aromatic nitrogens is 1. The SMILES string of the molecule is Cc1ccc(Nc2nc(-c3ccc(C(=O)N/N=C\c4ccc(OCc5ccc(F)cc5)cc4)cc3)cs2)cc1. The number of thiazole rings is 1. The second-order valence-electron chi connectivity index (χ2n) is 8.79. The van der Waals surface area contributed by atoms with Crippen LogP contribution in [0.15, 0.2) is 108 Å². The minimum absolute atomic E-state index is 0.275. The summed E-state index contributed by atoms with van der Waals surface area (Å²) >= 11 is 1.52.